The van der Waals surface area contributed by atoms with E-state index < -0.39 is 0 Å². The summed E-state index contributed by atoms with van der Waals surface area (Å²) >= 11 is 5.07. The lowest BCUT2D eigenvalue weighted by Crippen LogP contribution is -2.57. The average Bonchev–Trinajstić information content (AvgIpc) is 3.11. The van der Waals surface area contributed by atoms with Crippen LogP contribution in [-0.2, 0) is 14.3 Å². The van der Waals surface area contributed by atoms with E-state index >= 15 is 0 Å². The Morgan fingerprint density at radius 1 is 1.04 bits per heavy atom. The molecular formula is C22H30O3S. The number of ether oxygens (including phenoxy) is 1. The molecule has 7 atom stereocenters. The van der Waals surface area contributed by atoms with E-state index in [9.17, 15) is 9.59 Å². The summed E-state index contributed by atoms with van der Waals surface area (Å²) in [6.07, 6.45) is 10.6. The maximum Gasteiger partial charge on any atom is 0.306 e. The minimum Gasteiger partial charge on any atom is -0.458 e. The van der Waals surface area contributed by atoms with Crippen molar-refractivity contribution in [2.24, 2.45) is 28.6 Å². The molecule has 3 saturated carbocycles. The van der Waals surface area contributed by atoms with Crippen LogP contribution >= 0.6 is 12.6 Å². The minimum atomic E-state index is -0.216. The number of esters is 1. The number of fused-ring (bicyclic) bond motifs is 6. The Bertz CT molecular complexity index is 714. The summed E-state index contributed by atoms with van der Waals surface area (Å²) in [6, 6.07) is 0. The predicted molar refractivity (Wildman–Crippen MR) is 103 cm³/mol. The van der Waals surface area contributed by atoms with Crippen molar-refractivity contribution < 1.29 is 14.3 Å². The first-order chi connectivity index (χ1) is 12.3. The molecule has 4 aliphatic carbocycles. The highest BCUT2D eigenvalue weighted by Gasteiger charge is 2.68. The second-order valence-electron chi connectivity index (χ2n) is 10.1. The van der Waals surface area contributed by atoms with Gasteiger partial charge in [0.05, 0.1) is 0 Å². The van der Waals surface area contributed by atoms with Gasteiger partial charge in [0, 0.05) is 23.5 Å². The standard InChI is InChI=1S/C22H30O3S/c1-20-7-3-14(23)11-13(20)12-17(26)19-15(20)4-8-21(2)16(19)5-9-22(21)10-6-18(24)25-22/h11,15-17,19,26H,3-10,12H2,1-2H3/t15?,16?,17?,19?,20?,21?,22-/m1/s1. The van der Waals surface area contributed by atoms with Crippen molar-refractivity contribution in [3.8, 4) is 0 Å². The van der Waals surface area contributed by atoms with Gasteiger partial charge in [0.15, 0.2) is 5.78 Å². The van der Waals surface area contributed by atoms with Crippen LogP contribution in [0.1, 0.15) is 71.6 Å². The van der Waals surface area contributed by atoms with Gasteiger partial charge >= 0.3 is 5.97 Å². The van der Waals surface area contributed by atoms with Gasteiger partial charge in [-0.3, -0.25) is 9.59 Å². The van der Waals surface area contributed by atoms with Crippen LogP contribution in [0.25, 0.3) is 0 Å². The fraction of sp³-hybridized carbons (Fsp3) is 0.818. The zero-order chi connectivity index (χ0) is 18.3. The lowest BCUT2D eigenvalue weighted by molar-refractivity contribution is -0.167. The van der Waals surface area contributed by atoms with E-state index in [0.29, 0.717) is 41.6 Å². The van der Waals surface area contributed by atoms with Gasteiger partial charge in [-0.15, -0.1) is 0 Å². The van der Waals surface area contributed by atoms with Gasteiger partial charge in [-0.2, -0.15) is 12.6 Å². The second-order valence-corrected chi connectivity index (χ2v) is 10.7. The molecule has 0 aromatic heterocycles. The zero-order valence-electron chi connectivity index (χ0n) is 15.9. The molecular weight excluding hydrogens is 344 g/mol. The first kappa shape index (κ1) is 17.3. The van der Waals surface area contributed by atoms with Crippen LogP contribution in [0.5, 0.6) is 0 Å². The van der Waals surface area contributed by atoms with E-state index in [4.69, 9.17) is 17.4 Å². The van der Waals surface area contributed by atoms with Crippen molar-refractivity contribution in [3.05, 3.63) is 11.6 Å². The minimum absolute atomic E-state index is 0.00282. The molecule has 0 aromatic rings. The molecule has 0 N–H and O–H groups in total. The molecule has 5 rings (SSSR count). The maximum absolute atomic E-state index is 12.0. The number of ketones is 1. The van der Waals surface area contributed by atoms with Crippen LogP contribution in [0.4, 0.5) is 0 Å². The van der Waals surface area contributed by atoms with Gasteiger partial charge in [-0.1, -0.05) is 19.4 Å². The summed E-state index contributed by atoms with van der Waals surface area (Å²) in [5.74, 6) is 2.08. The lowest BCUT2D eigenvalue weighted by Gasteiger charge is -2.60. The molecule has 26 heavy (non-hydrogen) atoms. The van der Waals surface area contributed by atoms with Crippen molar-refractivity contribution in [2.75, 3.05) is 0 Å². The van der Waals surface area contributed by atoms with Crippen molar-refractivity contribution in [3.63, 3.8) is 0 Å². The third kappa shape index (κ3) is 2.03. The van der Waals surface area contributed by atoms with E-state index in [2.05, 4.69) is 13.8 Å². The first-order valence-corrected chi connectivity index (χ1v) is 10.9. The monoisotopic (exact) mass is 374 g/mol. The Hall–Kier alpha value is -0.770. The Morgan fingerprint density at radius 3 is 2.54 bits per heavy atom. The van der Waals surface area contributed by atoms with Crippen molar-refractivity contribution in [1.29, 1.82) is 0 Å². The molecule has 4 heteroatoms. The average molecular weight is 375 g/mol. The summed E-state index contributed by atoms with van der Waals surface area (Å²) in [5.41, 5.74) is 1.41. The molecule has 0 bridgehead atoms. The Morgan fingerprint density at radius 2 is 1.81 bits per heavy atom. The number of carbonyl (C=O) groups is 2. The summed E-state index contributed by atoms with van der Waals surface area (Å²) in [5, 5.41) is 0.321. The Labute approximate surface area is 161 Å². The molecule has 1 heterocycles. The number of rotatable bonds is 0. The summed E-state index contributed by atoms with van der Waals surface area (Å²) < 4.78 is 6.02. The highest BCUT2D eigenvalue weighted by atomic mass is 32.1. The molecule has 3 nitrogen and oxygen atoms in total. The van der Waals surface area contributed by atoms with Gasteiger partial charge in [-0.05, 0) is 74.2 Å². The molecule has 6 unspecified atom stereocenters. The van der Waals surface area contributed by atoms with Gasteiger partial charge in [0.2, 0.25) is 0 Å². The van der Waals surface area contributed by atoms with E-state index in [1.165, 1.54) is 12.0 Å². The lowest BCUT2D eigenvalue weighted by atomic mass is 9.46. The van der Waals surface area contributed by atoms with Crippen LogP contribution in [0.2, 0.25) is 0 Å². The number of thiol groups is 1. The molecule has 1 spiro atoms. The highest BCUT2D eigenvalue weighted by Crippen LogP contribution is 2.70. The predicted octanol–water partition coefficient (Wildman–Crippen LogP) is 4.50. The second kappa shape index (κ2) is 5.40. The summed E-state index contributed by atoms with van der Waals surface area (Å²) in [4.78, 5) is 24.0. The van der Waals surface area contributed by atoms with E-state index in [1.54, 1.807) is 0 Å². The molecule has 0 aromatic carbocycles. The smallest absolute Gasteiger partial charge is 0.306 e. The van der Waals surface area contributed by atoms with E-state index in [0.717, 1.165) is 38.5 Å². The quantitative estimate of drug-likeness (QED) is 0.501. The summed E-state index contributed by atoms with van der Waals surface area (Å²) in [6.45, 7) is 4.81. The van der Waals surface area contributed by atoms with E-state index in [1.807, 2.05) is 6.08 Å². The van der Waals surface area contributed by atoms with Crippen LogP contribution in [0.15, 0.2) is 11.6 Å². The van der Waals surface area contributed by atoms with Gasteiger partial charge in [0.1, 0.15) is 5.60 Å². The van der Waals surface area contributed by atoms with Crippen LogP contribution < -0.4 is 0 Å². The first-order valence-electron chi connectivity index (χ1n) is 10.4. The van der Waals surface area contributed by atoms with Crippen molar-refractivity contribution in [1.82, 2.24) is 0 Å². The van der Waals surface area contributed by atoms with E-state index in [-0.39, 0.29) is 22.4 Å². The molecule has 0 radical (unpaired) electrons. The van der Waals surface area contributed by atoms with Crippen LogP contribution in [0, 0.1) is 28.6 Å². The largest absolute Gasteiger partial charge is 0.458 e. The van der Waals surface area contributed by atoms with Gasteiger partial charge in [-0.25, -0.2) is 0 Å². The number of hydrogen-bond donors (Lipinski definition) is 1. The fourth-order valence-electron chi connectivity index (χ4n) is 7.82. The van der Waals surface area contributed by atoms with Crippen LogP contribution in [-0.4, -0.2) is 22.6 Å². The molecule has 1 saturated heterocycles. The zero-order valence-corrected chi connectivity index (χ0v) is 16.8. The summed E-state index contributed by atoms with van der Waals surface area (Å²) in [7, 11) is 0. The molecule has 5 aliphatic rings. The van der Waals surface area contributed by atoms with Gasteiger partial charge in [0.25, 0.3) is 0 Å². The molecule has 1 aliphatic heterocycles. The number of hydrogen-bond acceptors (Lipinski definition) is 4. The third-order valence-corrected chi connectivity index (χ3v) is 9.84. The number of carbonyl (C=O) groups excluding carboxylic acids is 2. The number of allylic oxidation sites excluding steroid dienone is 1. The molecule has 142 valence electrons. The topological polar surface area (TPSA) is 43.4 Å². The SMILES string of the molecule is CC12CCC(=O)C=C1CC(S)C1C2CCC2(C)C1CC[C@@]21CCC(=O)O1. The van der Waals surface area contributed by atoms with Crippen molar-refractivity contribution >= 4 is 24.4 Å². The molecule has 4 fully saturated rings. The fourth-order valence-corrected chi connectivity index (χ4v) is 8.44. The van der Waals surface area contributed by atoms with Gasteiger partial charge < -0.3 is 4.74 Å². The highest BCUT2D eigenvalue weighted by molar-refractivity contribution is 7.81. The van der Waals surface area contributed by atoms with Crippen LogP contribution in [0.3, 0.4) is 0 Å². The maximum atomic E-state index is 12.0. The normalized spacial score (nSPS) is 53.0. The third-order valence-electron chi connectivity index (χ3n) is 9.32. The Kier molecular flexibility index (Phi) is 3.60. The van der Waals surface area contributed by atoms with Crippen molar-refractivity contribution in [2.45, 2.75) is 82.5 Å². The molecule has 0 amide bonds. The Balaban J connectivity index is 1.53.